The first-order chi connectivity index (χ1) is 10.8. The minimum atomic E-state index is -0.337. The van der Waals surface area contributed by atoms with E-state index in [1.807, 2.05) is 29.6 Å². The fourth-order valence-corrected chi connectivity index (χ4v) is 2.56. The maximum absolute atomic E-state index is 12.2. The van der Waals surface area contributed by atoms with Crippen molar-refractivity contribution in [2.45, 2.75) is 6.54 Å². The van der Waals surface area contributed by atoms with Crippen molar-refractivity contribution in [3.05, 3.63) is 63.2 Å². The summed E-state index contributed by atoms with van der Waals surface area (Å²) >= 11 is 1.37. The maximum Gasteiger partial charge on any atom is 0.368 e. The molecular formula is C14H13N5O2S. The molecule has 0 atom stereocenters. The van der Waals surface area contributed by atoms with E-state index >= 15 is 0 Å². The van der Waals surface area contributed by atoms with E-state index in [-0.39, 0.29) is 18.1 Å². The Kier molecular flexibility index (Phi) is 4.10. The van der Waals surface area contributed by atoms with Crippen LogP contribution in [0, 0.1) is 0 Å². The number of rotatable bonds is 5. The second-order valence-electron chi connectivity index (χ2n) is 4.47. The smallest absolute Gasteiger partial charge is 0.349 e. The minimum Gasteiger partial charge on any atom is -0.349 e. The van der Waals surface area contributed by atoms with Crippen LogP contribution in [0.5, 0.6) is 0 Å². The number of tetrazole rings is 1. The molecule has 1 N–H and O–H groups in total. The highest BCUT2D eigenvalue weighted by atomic mass is 32.1. The molecule has 112 valence electrons. The van der Waals surface area contributed by atoms with Crippen molar-refractivity contribution in [1.29, 1.82) is 0 Å². The summed E-state index contributed by atoms with van der Waals surface area (Å²) < 4.78 is 2.45. The van der Waals surface area contributed by atoms with Gasteiger partial charge in [0.05, 0.1) is 17.1 Å². The molecule has 0 bridgehead atoms. The summed E-state index contributed by atoms with van der Waals surface area (Å²) in [6.45, 7) is 0.576. The van der Waals surface area contributed by atoms with Gasteiger partial charge in [-0.3, -0.25) is 4.79 Å². The third kappa shape index (κ3) is 2.96. The van der Waals surface area contributed by atoms with Gasteiger partial charge in [0, 0.05) is 6.54 Å². The Hall–Kier alpha value is -2.74. The Morgan fingerprint density at radius 2 is 1.95 bits per heavy atom. The molecule has 0 saturated heterocycles. The number of hydrogen-bond acceptors (Lipinski definition) is 5. The maximum atomic E-state index is 12.2. The molecule has 2 aromatic heterocycles. The van der Waals surface area contributed by atoms with E-state index in [1.54, 1.807) is 18.2 Å². The Morgan fingerprint density at radius 3 is 2.68 bits per heavy atom. The van der Waals surface area contributed by atoms with Crippen LogP contribution < -0.4 is 11.0 Å². The van der Waals surface area contributed by atoms with Crippen molar-refractivity contribution in [2.75, 3.05) is 6.54 Å². The monoisotopic (exact) mass is 315 g/mol. The van der Waals surface area contributed by atoms with E-state index < -0.39 is 0 Å². The number of amides is 1. The van der Waals surface area contributed by atoms with Gasteiger partial charge in [-0.2, -0.15) is 9.36 Å². The van der Waals surface area contributed by atoms with Gasteiger partial charge >= 0.3 is 5.69 Å². The molecule has 0 aliphatic heterocycles. The van der Waals surface area contributed by atoms with Crippen molar-refractivity contribution in [3.63, 3.8) is 0 Å². The van der Waals surface area contributed by atoms with Gasteiger partial charge in [0.2, 0.25) is 0 Å². The average molecular weight is 315 g/mol. The van der Waals surface area contributed by atoms with Crippen LogP contribution in [0.2, 0.25) is 0 Å². The normalized spacial score (nSPS) is 10.5. The van der Waals surface area contributed by atoms with E-state index in [0.29, 0.717) is 17.1 Å². The van der Waals surface area contributed by atoms with Crippen molar-refractivity contribution < 1.29 is 4.79 Å². The fraction of sp³-hybridized carbons (Fsp3) is 0.143. The number of carbonyl (C=O) groups excluding carboxylic acids is 1. The number of aromatic nitrogens is 4. The lowest BCUT2D eigenvalue weighted by atomic mass is 10.3. The Labute approximate surface area is 129 Å². The zero-order valence-electron chi connectivity index (χ0n) is 11.5. The summed E-state index contributed by atoms with van der Waals surface area (Å²) in [6, 6.07) is 12.6. The zero-order valence-corrected chi connectivity index (χ0v) is 12.4. The van der Waals surface area contributed by atoms with Gasteiger partial charge in [-0.1, -0.05) is 24.3 Å². The topological polar surface area (TPSA) is 81.8 Å². The van der Waals surface area contributed by atoms with Crippen molar-refractivity contribution in [2.24, 2.45) is 0 Å². The number of nitrogens with one attached hydrogen (secondary N) is 1. The van der Waals surface area contributed by atoms with Gasteiger partial charge < -0.3 is 5.32 Å². The van der Waals surface area contributed by atoms with Crippen LogP contribution in [0.1, 0.15) is 9.67 Å². The SMILES string of the molecule is O=C(NCCn1nnn(-c2ccccc2)c1=O)c1cccs1. The predicted molar refractivity (Wildman–Crippen MR) is 82.3 cm³/mol. The molecule has 1 amide bonds. The van der Waals surface area contributed by atoms with Gasteiger partial charge in [-0.25, -0.2) is 4.79 Å². The summed E-state index contributed by atoms with van der Waals surface area (Å²) in [6.07, 6.45) is 0. The van der Waals surface area contributed by atoms with E-state index in [9.17, 15) is 9.59 Å². The van der Waals surface area contributed by atoms with Crippen LogP contribution in [0.15, 0.2) is 52.6 Å². The number of carbonyl (C=O) groups is 1. The lowest BCUT2D eigenvalue weighted by Crippen LogP contribution is -2.31. The molecule has 3 aromatic rings. The molecule has 0 saturated carbocycles. The number of thiophene rings is 1. The molecule has 0 aliphatic carbocycles. The van der Waals surface area contributed by atoms with Gasteiger partial charge in [0.1, 0.15) is 0 Å². The quantitative estimate of drug-likeness (QED) is 0.759. The second kappa shape index (κ2) is 6.35. The molecule has 3 rings (SSSR count). The molecule has 8 heteroatoms. The first-order valence-electron chi connectivity index (χ1n) is 6.65. The zero-order chi connectivity index (χ0) is 15.4. The van der Waals surface area contributed by atoms with Crippen molar-refractivity contribution in [1.82, 2.24) is 25.1 Å². The molecule has 0 radical (unpaired) electrons. The number of nitrogens with zero attached hydrogens (tertiary/aromatic N) is 4. The van der Waals surface area contributed by atoms with E-state index in [0.717, 1.165) is 0 Å². The second-order valence-corrected chi connectivity index (χ2v) is 5.41. The highest BCUT2D eigenvalue weighted by Gasteiger charge is 2.09. The van der Waals surface area contributed by atoms with Gasteiger partial charge in [-0.15, -0.1) is 11.3 Å². The third-order valence-corrected chi connectivity index (χ3v) is 3.86. The molecule has 0 aliphatic rings. The highest BCUT2D eigenvalue weighted by Crippen LogP contribution is 2.07. The van der Waals surface area contributed by atoms with Crippen LogP contribution >= 0.6 is 11.3 Å². The van der Waals surface area contributed by atoms with Crippen LogP contribution in [0.4, 0.5) is 0 Å². The average Bonchev–Trinajstić information content (AvgIpc) is 3.19. The van der Waals surface area contributed by atoms with Gasteiger partial charge in [-0.05, 0) is 34.0 Å². The lowest BCUT2D eigenvalue weighted by molar-refractivity contribution is 0.0956. The largest absolute Gasteiger partial charge is 0.368 e. The third-order valence-electron chi connectivity index (χ3n) is 2.99. The lowest BCUT2D eigenvalue weighted by Gasteiger charge is -2.02. The van der Waals surface area contributed by atoms with Crippen LogP contribution in [0.25, 0.3) is 5.69 Å². The summed E-state index contributed by atoms with van der Waals surface area (Å²) in [4.78, 5) is 24.6. The molecule has 2 heterocycles. The molecule has 7 nitrogen and oxygen atoms in total. The fourth-order valence-electron chi connectivity index (χ4n) is 1.92. The van der Waals surface area contributed by atoms with E-state index in [4.69, 9.17) is 0 Å². The predicted octanol–water partition coefficient (Wildman–Crippen LogP) is 0.920. The molecule has 0 unspecified atom stereocenters. The minimum absolute atomic E-state index is 0.154. The molecular weight excluding hydrogens is 302 g/mol. The first-order valence-corrected chi connectivity index (χ1v) is 7.53. The number of para-hydroxylation sites is 1. The first kappa shape index (κ1) is 14.2. The summed E-state index contributed by atoms with van der Waals surface area (Å²) in [5.41, 5.74) is 0.318. The van der Waals surface area contributed by atoms with Crippen LogP contribution in [0.3, 0.4) is 0 Å². The van der Waals surface area contributed by atoms with Crippen LogP contribution in [-0.2, 0) is 6.54 Å². The van der Waals surface area contributed by atoms with Gasteiger partial charge in [0.15, 0.2) is 0 Å². The Morgan fingerprint density at radius 1 is 1.14 bits per heavy atom. The summed E-state index contributed by atoms with van der Waals surface area (Å²) in [5, 5.41) is 12.2. The molecule has 0 spiro atoms. The number of hydrogen-bond donors (Lipinski definition) is 1. The van der Waals surface area contributed by atoms with E-state index in [1.165, 1.54) is 20.7 Å². The summed E-state index contributed by atoms with van der Waals surface area (Å²) in [5.74, 6) is -0.154. The Bertz CT molecular complexity index is 807. The summed E-state index contributed by atoms with van der Waals surface area (Å²) in [7, 11) is 0. The van der Waals surface area contributed by atoms with Crippen LogP contribution in [-0.4, -0.2) is 32.2 Å². The Balaban J connectivity index is 1.64. The van der Waals surface area contributed by atoms with Gasteiger partial charge in [0.25, 0.3) is 5.91 Å². The van der Waals surface area contributed by atoms with Crippen molar-refractivity contribution >= 4 is 17.2 Å². The molecule has 0 fully saturated rings. The molecule has 1 aromatic carbocycles. The molecule has 22 heavy (non-hydrogen) atoms. The number of benzene rings is 1. The highest BCUT2D eigenvalue weighted by molar-refractivity contribution is 7.12. The standard InChI is InChI=1S/C14H13N5O2S/c20-13(12-7-4-10-22-12)15-8-9-18-14(21)19(17-16-18)11-5-2-1-3-6-11/h1-7,10H,8-9H2,(H,15,20). The van der Waals surface area contributed by atoms with E-state index in [2.05, 4.69) is 15.7 Å². The van der Waals surface area contributed by atoms with Crippen molar-refractivity contribution in [3.8, 4) is 5.69 Å².